The zero-order chi connectivity index (χ0) is 10.7. The van der Waals surface area contributed by atoms with Gasteiger partial charge in [-0.1, -0.05) is 0 Å². The number of ether oxygens (including phenoxy) is 2. The van der Waals surface area contributed by atoms with Crippen molar-refractivity contribution in [3.05, 3.63) is 18.3 Å². The van der Waals surface area contributed by atoms with Crippen molar-refractivity contribution in [2.75, 3.05) is 18.5 Å². The maximum Gasteiger partial charge on any atom is 0.163 e. The first-order valence-electron chi connectivity index (χ1n) is 4.99. The Labute approximate surface area is 88.8 Å². The predicted octanol–water partition coefficient (Wildman–Crippen LogP) is 1.04. The lowest BCUT2D eigenvalue weighted by atomic mass is 10.3. The first-order chi connectivity index (χ1) is 7.16. The molecule has 1 fully saturated rings. The maximum atomic E-state index is 5.64. The Hall–Kier alpha value is -1.20. The average Bonchev–Trinajstić information content (AvgIpc) is 2.57. The van der Waals surface area contributed by atoms with Gasteiger partial charge in [0.15, 0.2) is 5.79 Å². The monoisotopic (exact) mass is 209 g/mol. The van der Waals surface area contributed by atoms with Crippen LogP contribution < -0.4 is 5.32 Å². The Bertz CT molecular complexity index is 316. The van der Waals surface area contributed by atoms with Crippen molar-refractivity contribution in [3.8, 4) is 0 Å². The van der Waals surface area contributed by atoms with Crippen LogP contribution in [0.4, 0.5) is 5.82 Å². The van der Waals surface area contributed by atoms with E-state index in [1.165, 1.54) is 0 Å². The third-order valence-electron chi connectivity index (χ3n) is 2.15. The van der Waals surface area contributed by atoms with Gasteiger partial charge in [-0.2, -0.15) is 5.10 Å². The Kier molecular flexibility index (Phi) is 2.83. The van der Waals surface area contributed by atoms with E-state index in [2.05, 4.69) is 15.5 Å². The van der Waals surface area contributed by atoms with Gasteiger partial charge in [-0.15, -0.1) is 5.10 Å². The molecule has 1 saturated heterocycles. The average molecular weight is 209 g/mol. The fourth-order valence-corrected chi connectivity index (χ4v) is 1.48. The smallest absolute Gasteiger partial charge is 0.163 e. The zero-order valence-electron chi connectivity index (χ0n) is 8.93. The molecule has 5 nitrogen and oxygen atoms in total. The van der Waals surface area contributed by atoms with Gasteiger partial charge < -0.3 is 14.8 Å². The summed E-state index contributed by atoms with van der Waals surface area (Å²) in [6.07, 6.45) is 1.71. The molecule has 1 unspecified atom stereocenters. The second-order valence-electron chi connectivity index (χ2n) is 3.94. The number of anilines is 1. The molecule has 1 aromatic rings. The Balaban J connectivity index is 1.80. The van der Waals surface area contributed by atoms with E-state index in [4.69, 9.17) is 9.47 Å². The minimum absolute atomic E-state index is 0.0713. The maximum absolute atomic E-state index is 5.64. The molecule has 2 rings (SSSR count). The number of hydrogen-bond acceptors (Lipinski definition) is 5. The number of aromatic nitrogens is 2. The quantitative estimate of drug-likeness (QED) is 0.806. The highest BCUT2D eigenvalue weighted by molar-refractivity contribution is 5.31. The van der Waals surface area contributed by atoms with Crippen LogP contribution >= 0.6 is 0 Å². The van der Waals surface area contributed by atoms with Crippen LogP contribution in [0.25, 0.3) is 0 Å². The van der Waals surface area contributed by atoms with Crippen molar-refractivity contribution < 1.29 is 9.47 Å². The van der Waals surface area contributed by atoms with Gasteiger partial charge in [0, 0.05) is 12.7 Å². The Morgan fingerprint density at radius 3 is 3.07 bits per heavy atom. The van der Waals surface area contributed by atoms with Crippen molar-refractivity contribution in [1.29, 1.82) is 0 Å². The molecule has 0 bridgehead atoms. The summed E-state index contributed by atoms with van der Waals surface area (Å²) in [6, 6.07) is 3.71. The summed E-state index contributed by atoms with van der Waals surface area (Å²) < 4.78 is 11.1. The van der Waals surface area contributed by atoms with Crippen molar-refractivity contribution in [2.24, 2.45) is 0 Å². The first-order valence-corrected chi connectivity index (χ1v) is 4.99. The predicted molar refractivity (Wildman–Crippen MR) is 55.4 cm³/mol. The van der Waals surface area contributed by atoms with Crippen molar-refractivity contribution in [3.63, 3.8) is 0 Å². The van der Waals surface area contributed by atoms with E-state index in [1.54, 1.807) is 6.20 Å². The van der Waals surface area contributed by atoms with E-state index in [-0.39, 0.29) is 6.10 Å². The van der Waals surface area contributed by atoms with Gasteiger partial charge in [0.25, 0.3) is 0 Å². The molecule has 15 heavy (non-hydrogen) atoms. The molecule has 0 saturated carbocycles. The molecular formula is C10H15N3O2. The molecule has 1 aromatic heterocycles. The van der Waals surface area contributed by atoms with Crippen LogP contribution in [0, 0.1) is 0 Å². The number of rotatable bonds is 3. The van der Waals surface area contributed by atoms with Crippen LogP contribution in [0.1, 0.15) is 13.8 Å². The van der Waals surface area contributed by atoms with E-state index >= 15 is 0 Å². The minimum Gasteiger partial charge on any atom is -0.366 e. The van der Waals surface area contributed by atoms with Gasteiger partial charge >= 0.3 is 0 Å². The van der Waals surface area contributed by atoms with Gasteiger partial charge in [0.1, 0.15) is 11.9 Å². The van der Waals surface area contributed by atoms with Gasteiger partial charge in [-0.3, -0.25) is 0 Å². The molecule has 0 spiro atoms. The summed E-state index contributed by atoms with van der Waals surface area (Å²) in [5.41, 5.74) is 0. The van der Waals surface area contributed by atoms with Gasteiger partial charge in [0.2, 0.25) is 0 Å². The molecule has 5 heteroatoms. The van der Waals surface area contributed by atoms with E-state index in [0.29, 0.717) is 13.2 Å². The Morgan fingerprint density at radius 2 is 2.47 bits per heavy atom. The third-order valence-corrected chi connectivity index (χ3v) is 2.15. The van der Waals surface area contributed by atoms with Gasteiger partial charge in [0.05, 0.1) is 6.61 Å². The van der Waals surface area contributed by atoms with E-state index in [0.717, 1.165) is 5.82 Å². The molecule has 1 N–H and O–H groups in total. The topological polar surface area (TPSA) is 56.3 Å². The molecule has 1 atom stereocenters. The molecule has 82 valence electrons. The zero-order valence-corrected chi connectivity index (χ0v) is 8.93. The van der Waals surface area contributed by atoms with Crippen LogP contribution in [0.5, 0.6) is 0 Å². The summed E-state index contributed by atoms with van der Waals surface area (Å²) in [7, 11) is 0. The lowest BCUT2D eigenvalue weighted by molar-refractivity contribution is -0.136. The Morgan fingerprint density at radius 1 is 1.60 bits per heavy atom. The van der Waals surface area contributed by atoms with E-state index in [1.807, 2.05) is 26.0 Å². The highest BCUT2D eigenvalue weighted by Crippen LogP contribution is 2.22. The van der Waals surface area contributed by atoms with Crippen LogP contribution in [0.3, 0.4) is 0 Å². The number of nitrogens with one attached hydrogen (secondary N) is 1. The fourth-order valence-electron chi connectivity index (χ4n) is 1.48. The second-order valence-corrected chi connectivity index (χ2v) is 3.94. The van der Waals surface area contributed by atoms with Crippen LogP contribution in [0.2, 0.25) is 0 Å². The van der Waals surface area contributed by atoms with Gasteiger partial charge in [-0.05, 0) is 26.0 Å². The lowest BCUT2D eigenvalue weighted by Crippen LogP contribution is -2.26. The highest BCUT2D eigenvalue weighted by Gasteiger charge is 2.32. The summed E-state index contributed by atoms with van der Waals surface area (Å²) in [5, 5.41) is 10.8. The summed E-state index contributed by atoms with van der Waals surface area (Å²) in [6.45, 7) is 5.12. The number of nitrogens with zero attached hydrogens (tertiary/aromatic N) is 2. The SMILES string of the molecule is CC1(C)OCC(CNc2cccnn2)O1. The minimum atomic E-state index is -0.464. The summed E-state index contributed by atoms with van der Waals surface area (Å²) in [5.74, 6) is 0.292. The van der Waals surface area contributed by atoms with E-state index < -0.39 is 5.79 Å². The van der Waals surface area contributed by atoms with Crippen molar-refractivity contribution >= 4 is 5.82 Å². The molecular weight excluding hydrogens is 194 g/mol. The summed E-state index contributed by atoms with van der Waals surface area (Å²) >= 11 is 0. The molecule has 2 heterocycles. The van der Waals surface area contributed by atoms with Gasteiger partial charge in [-0.25, -0.2) is 0 Å². The third kappa shape index (κ3) is 2.87. The molecule has 0 aliphatic carbocycles. The lowest BCUT2D eigenvalue weighted by Gasteiger charge is -2.17. The van der Waals surface area contributed by atoms with Crippen molar-refractivity contribution in [2.45, 2.75) is 25.7 Å². The van der Waals surface area contributed by atoms with E-state index in [9.17, 15) is 0 Å². The second kappa shape index (κ2) is 4.12. The molecule has 0 aromatic carbocycles. The molecule has 1 aliphatic rings. The van der Waals surface area contributed by atoms with Crippen LogP contribution in [-0.4, -0.2) is 35.2 Å². The normalized spacial score (nSPS) is 24.0. The fraction of sp³-hybridized carbons (Fsp3) is 0.600. The van der Waals surface area contributed by atoms with Crippen molar-refractivity contribution in [1.82, 2.24) is 10.2 Å². The van der Waals surface area contributed by atoms with Crippen LogP contribution in [-0.2, 0) is 9.47 Å². The van der Waals surface area contributed by atoms with Crippen LogP contribution in [0.15, 0.2) is 18.3 Å². The largest absolute Gasteiger partial charge is 0.366 e. The first kappa shape index (κ1) is 10.3. The number of hydrogen-bond donors (Lipinski definition) is 1. The molecule has 0 amide bonds. The highest BCUT2D eigenvalue weighted by atomic mass is 16.7. The molecule has 0 radical (unpaired) electrons. The standard InChI is InChI=1S/C10H15N3O2/c1-10(2)14-7-8(15-10)6-11-9-4-3-5-12-13-9/h3-5,8H,6-7H2,1-2H3,(H,11,13). The summed E-state index contributed by atoms with van der Waals surface area (Å²) in [4.78, 5) is 0. The molecule has 1 aliphatic heterocycles.